The second-order valence-corrected chi connectivity index (χ2v) is 9.39. The summed E-state index contributed by atoms with van der Waals surface area (Å²) in [7, 11) is 1.75. The fraction of sp³-hybridized carbons (Fsp3) is 0.308. The van der Waals surface area contributed by atoms with Gasteiger partial charge in [-0.25, -0.2) is 9.49 Å². The zero-order valence-corrected chi connectivity index (χ0v) is 20.6. The average Bonchev–Trinajstić information content (AvgIpc) is 3.36. The van der Waals surface area contributed by atoms with Crippen molar-refractivity contribution in [1.29, 1.82) is 0 Å². The predicted molar refractivity (Wildman–Crippen MR) is 138 cm³/mol. The first-order chi connectivity index (χ1) is 17.0. The minimum atomic E-state index is -0.718. The standard InChI is InChI=1S/C26H25FN6O2.ClH/c1-32-24(18(14-29-32)15-8-9-16-17(12-15)21(13-28)30-31-23(16)34)33-22-19(6-5-7-20(22)27)26(25(33)35)10-3-2-4-11-26;/h5-9,12,14H,2-4,10-11,13,28H2,1H3,(H,31,34);1H. The largest absolute Gasteiger partial charge is 0.325 e. The molecule has 2 aromatic heterocycles. The van der Waals surface area contributed by atoms with Gasteiger partial charge >= 0.3 is 0 Å². The normalized spacial score (nSPS) is 16.4. The van der Waals surface area contributed by atoms with Crippen LogP contribution in [-0.2, 0) is 23.8 Å². The highest BCUT2D eigenvalue weighted by Gasteiger charge is 2.53. The van der Waals surface area contributed by atoms with Crippen LogP contribution in [0.2, 0.25) is 0 Å². The number of para-hydroxylation sites is 1. The Labute approximate surface area is 212 Å². The third kappa shape index (κ3) is 3.30. The summed E-state index contributed by atoms with van der Waals surface area (Å²) in [6, 6.07) is 10.3. The Kier molecular flexibility index (Phi) is 5.92. The molecule has 8 nitrogen and oxygen atoms in total. The summed E-state index contributed by atoms with van der Waals surface area (Å²) in [5.41, 5.74) is 7.86. The van der Waals surface area contributed by atoms with Gasteiger partial charge in [-0.2, -0.15) is 10.2 Å². The number of halogens is 2. The second kappa shape index (κ2) is 8.83. The maximum Gasteiger partial charge on any atom is 0.272 e. The van der Waals surface area contributed by atoms with E-state index in [1.165, 1.54) is 11.0 Å². The fourth-order valence-corrected chi connectivity index (χ4v) is 5.84. The summed E-state index contributed by atoms with van der Waals surface area (Å²) in [5, 5.41) is 12.1. The Hall–Kier alpha value is -3.56. The third-order valence-electron chi connectivity index (χ3n) is 7.54. The van der Waals surface area contributed by atoms with Gasteiger partial charge in [0.1, 0.15) is 11.6 Å². The van der Waals surface area contributed by atoms with Crippen molar-refractivity contribution in [1.82, 2.24) is 20.0 Å². The molecule has 186 valence electrons. The lowest BCUT2D eigenvalue weighted by Crippen LogP contribution is -2.40. The summed E-state index contributed by atoms with van der Waals surface area (Å²) >= 11 is 0. The molecule has 3 heterocycles. The van der Waals surface area contributed by atoms with E-state index in [0.29, 0.717) is 46.4 Å². The summed E-state index contributed by atoms with van der Waals surface area (Å²) < 4.78 is 17.0. The van der Waals surface area contributed by atoms with Gasteiger partial charge in [-0.1, -0.05) is 37.5 Å². The third-order valence-corrected chi connectivity index (χ3v) is 7.54. The van der Waals surface area contributed by atoms with Gasteiger partial charge in [-0.3, -0.25) is 19.2 Å². The molecule has 0 atom stereocenters. The topological polar surface area (TPSA) is 110 Å². The number of amides is 1. The van der Waals surface area contributed by atoms with Crippen LogP contribution in [0.15, 0.2) is 47.4 Å². The number of nitrogens with two attached hydrogens (primary N) is 1. The van der Waals surface area contributed by atoms with Crippen molar-refractivity contribution >= 4 is 40.6 Å². The zero-order chi connectivity index (χ0) is 24.3. The number of anilines is 2. The molecule has 0 bridgehead atoms. The van der Waals surface area contributed by atoms with E-state index in [1.807, 2.05) is 12.1 Å². The van der Waals surface area contributed by atoms with Gasteiger partial charge in [-0.05, 0) is 42.2 Å². The highest BCUT2D eigenvalue weighted by atomic mass is 35.5. The van der Waals surface area contributed by atoms with Gasteiger partial charge < -0.3 is 5.73 Å². The lowest BCUT2D eigenvalue weighted by Gasteiger charge is -2.32. The van der Waals surface area contributed by atoms with Gasteiger partial charge in [0, 0.05) is 24.5 Å². The van der Waals surface area contributed by atoms with E-state index >= 15 is 4.39 Å². The summed E-state index contributed by atoms with van der Waals surface area (Å²) in [6.07, 6.45) is 6.01. The van der Waals surface area contributed by atoms with Crippen molar-refractivity contribution in [3.05, 3.63) is 70.0 Å². The molecule has 1 fully saturated rings. The molecule has 2 aromatic carbocycles. The molecular formula is C26H26ClFN6O2. The maximum absolute atomic E-state index is 15.4. The van der Waals surface area contributed by atoms with E-state index in [2.05, 4.69) is 15.3 Å². The number of carbonyl (C=O) groups is 1. The van der Waals surface area contributed by atoms with Crippen LogP contribution in [0.1, 0.15) is 43.4 Å². The molecule has 4 aromatic rings. The number of aromatic amines is 1. The number of rotatable bonds is 3. The van der Waals surface area contributed by atoms with Crippen LogP contribution < -0.4 is 16.2 Å². The number of nitrogens with one attached hydrogen (secondary N) is 1. The minimum Gasteiger partial charge on any atom is -0.325 e. The van der Waals surface area contributed by atoms with Crippen LogP contribution in [-0.4, -0.2) is 25.9 Å². The fourth-order valence-electron chi connectivity index (χ4n) is 5.84. The first-order valence-electron chi connectivity index (χ1n) is 11.8. The Bertz CT molecular complexity index is 1560. The number of carbonyl (C=O) groups excluding carboxylic acids is 1. The Morgan fingerprint density at radius 3 is 2.64 bits per heavy atom. The van der Waals surface area contributed by atoms with Crippen LogP contribution in [0.3, 0.4) is 0 Å². The van der Waals surface area contributed by atoms with E-state index in [-0.39, 0.29) is 30.4 Å². The number of aryl methyl sites for hydroxylation is 1. The molecule has 6 rings (SSSR count). The van der Waals surface area contributed by atoms with Crippen LogP contribution in [0.25, 0.3) is 21.9 Å². The first-order valence-corrected chi connectivity index (χ1v) is 11.8. The van der Waals surface area contributed by atoms with Crippen LogP contribution >= 0.6 is 12.4 Å². The van der Waals surface area contributed by atoms with Gasteiger partial charge in [0.15, 0.2) is 0 Å². The molecular weight excluding hydrogens is 483 g/mol. The van der Waals surface area contributed by atoms with E-state index in [0.717, 1.165) is 30.4 Å². The number of aromatic nitrogens is 4. The highest BCUT2D eigenvalue weighted by Crippen LogP contribution is 2.54. The average molecular weight is 509 g/mol. The minimum absolute atomic E-state index is 0. The van der Waals surface area contributed by atoms with Crippen molar-refractivity contribution in [3.8, 4) is 11.1 Å². The SMILES string of the molecule is Cl.Cn1ncc(-c2ccc3c(=O)[nH]nc(CN)c3c2)c1N1C(=O)C2(CCCCC2)c2cccc(F)c21. The maximum atomic E-state index is 15.4. The van der Waals surface area contributed by atoms with Crippen LogP contribution in [0, 0.1) is 5.82 Å². The van der Waals surface area contributed by atoms with E-state index in [4.69, 9.17) is 5.73 Å². The Morgan fingerprint density at radius 1 is 1.11 bits per heavy atom. The molecule has 0 saturated heterocycles. The molecule has 1 aliphatic heterocycles. The van der Waals surface area contributed by atoms with Gasteiger partial charge in [-0.15, -0.1) is 12.4 Å². The lowest BCUT2D eigenvalue weighted by atomic mass is 9.70. The molecule has 1 spiro atoms. The molecule has 3 N–H and O–H groups in total. The quantitative estimate of drug-likeness (QED) is 0.430. The molecule has 10 heteroatoms. The molecule has 0 radical (unpaired) electrons. The van der Waals surface area contributed by atoms with Gasteiger partial charge in [0.2, 0.25) is 5.91 Å². The Balaban J connectivity index is 0.00000267. The highest BCUT2D eigenvalue weighted by molar-refractivity contribution is 6.14. The second-order valence-electron chi connectivity index (χ2n) is 9.39. The van der Waals surface area contributed by atoms with Crippen molar-refractivity contribution < 1.29 is 9.18 Å². The number of fused-ring (bicyclic) bond motifs is 3. The smallest absolute Gasteiger partial charge is 0.272 e. The Morgan fingerprint density at radius 2 is 1.89 bits per heavy atom. The monoisotopic (exact) mass is 508 g/mol. The molecule has 1 aliphatic carbocycles. The van der Waals surface area contributed by atoms with Crippen molar-refractivity contribution in [2.75, 3.05) is 4.90 Å². The number of hydrogen-bond donors (Lipinski definition) is 2. The lowest BCUT2D eigenvalue weighted by molar-refractivity contribution is -0.123. The zero-order valence-electron chi connectivity index (χ0n) is 19.8. The van der Waals surface area contributed by atoms with Crippen molar-refractivity contribution in [2.45, 2.75) is 44.1 Å². The number of hydrogen-bond acceptors (Lipinski definition) is 5. The molecule has 1 saturated carbocycles. The molecule has 0 unspecified atom stereocenters. The van der Waals surface area contributed by atoms with Gasteiger partial charge in [0.05, 0.1) is 28.4 Å². The van der Waals surface area contributed by atoms with E-state index in [1.54, 1.807) is 36.1 Å². The van der Waals surface area contributed by atoms with Crippen molar-refractivity contribution in [2.24, 2.45) is 12.8 Å². The number of nitrogens with zero attached hydrogens (tertiary/aromatic N) is 4. The molecule has 1 amide bonds. The molecule has 36 heavy (non-hydrogen) atoms. The summed E-state index contributed by atoms with van der Waals surface area (Å²) in [6.45, 7) is 0.155. The van der Waals surface area contributed by atoms with Crippen LogP contribution in [0.5, 0.6) is 0 Å². The summed E-state index contributed by atoms with van der Waals surface area (Å²) in [4.78, 5) is 27.9. The van der Waals surface area contributed by atoms with E-state index < -0.39 is 11.2 Å². The summed E-state index contributed by atoms with van der Waals surface area (Å²) in [5.74, 6) is -0.0379. The van der Waals surface area contributed by atoms with E-state index in [9.17, 15) is 9.59 Å². The predicted octanol–water partition coefficient (Wildman–Crippen LogP) is 4.22. The first kappa shape index (κ1) is 24.1. The number of benzene rings is 2. The van der Waals surface area contributed by atoms with Crippen molar-refractivity contribution in [3.63, 3.8) is 0 Å². The number of H-pyrrole nitrogens is 1. The van der Waals surface area contributed by atoms with Crippen LogP contribution in [0.4, 0.5) is 15.9 Å². The van der Waals surface area contributed by atoms with Gasteiger partial charge in [0.25, 0.3) is 5.56 Å². The molecule has 2 aliphatic rings.